The fraction of sp³-hybridized carbons (Fsp3) is 0.900. The van der Waals surface area contributed by atoms with Crippen molar-refractivity contribution >= 4 is 5.91 Å². The Labute approximate surface area is 92.8 Å². The maximum Gasteiger partial charge on any atom is 0.400 e. The summed E-state index contributed by atoms with van der Waals surface area (Å²) < 4.78 is 37.2. The number of rotatable bonds is 2. The van der Waals surface area contributed by atoms with E-state index in [1.165, 1.54) is 4.90 Å². The van der Waals surface area contributed by atoms with Crippen LogP contribution in [0.25, 0.3) is 0 Å². The first kappa shape index (κ1) is 13.3. The van der Waals surface area contributed by atoms with E-state index in [1.807, 2.05) is 0 Å². The average Bonchev–Trinajstić information content (AvgIpc) is 2.56. The third kappa shape index (κ3) is 2.66. The monoisotopic (exact) mass is 238 g/mol. The molecule has 0 aromatic carbocycles. The molecule has 94 valence electrons. The Bertz CT molecular complexity index is 267. The van der Waals surface area contributed by atoms with Gasteiger partial charge in [0.2, 0.25) is 5.91 Å². The number of halogens is 3. The summed E-state index contributed by atoms with van der Waals surface area (Å²) in [7, 11) is 0. The number of carbonyl (C=O) groups excluding carboxylic acids is 1. The quantitative estimate of drug-likeness (QED) is 0.790. The number of likely N-dealkylation sites (tertiary alicyclic amines) is 1. The van der Waals surface area contributed by atoms with E-state index in [0.29, 0.717) is 19.5 Å². The Morgan fingerprint density at radius 3 is 2.50 bits per heavy atom. The molecule has 3 unspecified atom stereocenters. The molecule has 0 aromatic rings. The van der Waals surface area contributed by atoms with Crippen molar-refractivity contribution in [3.8, 4) is 0 Å². The van der Waals surface area contributed by atoms with Gasteiger partial charge in [0.1, 0.15) is 5.92 Å². The normalized spacial score (nSPS) is 28.2. The summed E-state index contributed by atoms with van der Waals surface area (Å²) >= 11 is 0. The smallest absolute Gasteiger partial charge is 0.339 e. The Morgan fingerprint density at radius 2 is 2.12 bits per heavy atom. The Balaban J connectivity index is 2.68. The molecule has 1 amide bonds. The summed E-state index contributed by atoms with van der Waals surface area (Å²) in [5.41, 5.74) is 5.46. The van der Waals surface area contributed by atoms with E-state index in [2.05, 4.69) is 0 Å². The summed E-state index contributed by atoms with van der Waals surface area (Å²) in [6.45, 7) is 3.42. The molecule has 0 spiro atoms. The summed E-state index contributed by atoms with van der Waals surface area (Å²) in [6.07, 6.45) is -3.77. The van der Waals surface area contributed by atoms with Gasteiger partial charge in [-0.3, -0.25) is 4.79 Å². The second kappa shape index (κ2) is 4.61. The molecule has 0 saturated carbocycles. The molecule has 1 fully saturated rings. The number of amides is 1. The van der Waals surface area contributed by atoms with Crippen LogP contribution < -0.4 is 5.73 Å². The van der Waals surface area contributed by atoms with Crippen molar-refractivity contribution in [2.75, 3.05) is 13.1 Å². The van der Waals surface area contributed by atoms with Gasteiger partial charge in [-0.2, -0.15) is 13.2 Å². The van der Waals surface area contributed by atoms with Crippen LogP contribution in [-0.2, 0) is 4.79 Å². The number of carbonyl (C=O) groups is 1. The second-order valence-corrected chi connectivity index (χ2v) is 4.44. The van der Waals surface area contributed by atoms with Crippen LogP contribution in [-0.4, -0.2) is 36.1 Å². The SMILES string of the molecule is CC1CC(CN)CN1C(=O)C(C)C(F)(F)F. The van der Waals surface area contributed by atoms with Crippen LogP contribution in [0.4, 0.5) is 13.2 Å². The predicted octanol–water partition coefficient (Wildman–Crippen LogP) is 1.38. The van der Waals surface area contributed by atoms with E-state index in [1.54, 1.807) is 6.92 Å². The van der Waals surface area contributed by atoms with Gasteiger partial charge < -0.3 is 10.6 Å². The van der Waals surface area contributed by atoms with Gasteiger partial charge in [0.15, 0.2) is 0 Å². The van der Waals surface area contributed by atoms with Gasteiger partial charge in [-0.05, 0) is 32.7 Å². The summed E-state index contributed by atoms with van der Waals surface area (Å²) in [5.74, 6) is -2.64. The third-order valence-electron chi connectivity index (χ3n) is 3.14. The fourth-order valence-corrected chi connectivity index (χ4v) is 2.01. The first-order valence-electron chi connectivity index (χ1n) is 5.34. The topological polar surface area (TPSA) is 46.3 Å². The van der Waals surface area contributed by atoms with E-state index >= 15 is 0 Å². The van der Waals surface area contributed by atoms with Crippen molar-refractivity contribution in [2.24, 2.45) is 17.6 Å². The first-order valence-corrected chi connectivity index (χ1v) is 5.34. The minimum atomic E-state index is -4.46. The van der Waals surface area contributed by atoms with Crippen molar-refractivity contribution in [2.45, 2.75) is 32.5 Å². The lowest BCUT2D eigenvalue weighted by Crippen LogP contribution is -2.42. The Morgan fingerprint density at radius 1 is 1.56 bits per heavy atom. The standard InChI is InChI=1S/C10H17F3N2O/c1-6-3-8(4-14)5-15(6)9(16)7(2)10(11,12)13/h6-8H,3-5,14H2,1-2H3. The van der Waals surface area contributed by atoms with Crippen molar-refractivity contribution < 1.29 is 18.0 Å². The second-order valence-electron chi connectivity index (χ2n) is 4.44. The molecule has 1 rings (SSSR count). The van der Waals surface area contributed by atoms with Crippen LogP contribution in [0, 0.1) is 11.8 Å². The molecular formula is C10H17F3N2O. The van der Waals surface area contributed by atoms with Gasteiger partial charge in [-0.25, -0.2) is 0 Å². The van der Waals surface area contributed by atoms with Gasteiger partial charge in [0.05, 0.1) is 0 Å². The van der Waals surface area contributed by atoms with Gasteiger partial charge in [-0.15, -0.1) is 0 Å². The minimum Gasteiger partial charge on any atom is -0.339 e. The predicted molar refractivity (Wildman–Crippen MR) is 53.6 cm³/mol. The largest absolute Gasteiger partial charge is 0.400 e. The summed E-state index contributed by atoms with van der Waals surface area (Å²) in [6, 6.07) is -0.147. The van der Waals surface area contributed by atoms with Crippen LogP contribution >= 0.6 is 0 Å². The molecule has 1 aliphatic heterocycles. The molecule has 3 nitrogen and oxygen atoms in total. The van der Waals surface area contributed by atoms with E-state index < -0.39 is 18.0 Å². The van der Waals surface area contributed by atoms with E-state index in [4.69, 9.17) is 5.73 Å². The summed E-state index contributed by atoms with van der Waals surface area (Å²) in [5, 5.41) is 0. The molecule has 1 aliphatic rings. The lowest BCUT2D eigenvalue weighted by atomic mass is 10.1. The lowest BCUT2D eigenvalue weighted by molar-refractivity contribution is -0.185. The number of nitrogens with two attached hydrogens (primary N) is 1. The zero-order valence-electron chi connectivity index (χ0n) is 9.42. The molecule has 2 N–H and O–H groups in total. The van der Waals surface area contributed by atoms with E-state index in [9.17, 15) is 18.0 Å². The van der Waals surface area contributed by atoms with Crippen molar-refractivity contribution in [3.05, 3.63) is 0 Å². The van der Waals surface area contributed by atoms with E-state index in [0.717, 1.165) is 6.92 Å². The number of alkyl halides is 3. The highest BCUT2D eigenvalue weighted by Gasteiger charge is 2.45. The molecule has 3 atom stereocenters. The zero-order valence-corrected chi connectivity index (χ0v) is 9.42. The van der Waals surface area contributed by atoms with Gasteiger partial charge in [0.25, 0.3) is 0 Å². The molecule has 0 aromatic heterocycles. The Hall–Kier alpha value is -0.780. The number of nitrogens with zero attached hydrogens (tertiary/aromatic N) is 1. The van der Waals surface area contributed by atoms with Crippen LogP contribution in [0.3, 0.4) is 0 Å². The molecule has 1 saturated heterocycles. The van der Waals surface area contributed by atoms with Crippen molar-refractivity contribution in [1.29, 1.82) is 0 Å². The van der Waals surface area contributed by atoms with E-state index in [-0.39, 0.29) is 12.0 Å². The molecule has 1 heterocycles. The lowest BCUT2D eigenvalue weighted by Gasteiger charge is -2.26. The fourth-order valence-electron chi connectivity index (χ4n) is 2.01. The molecular weight excluding hydrogens is 221 g/mol. The van der Waals surface area contributed by atoms with Crippen LogP contribution in [0.1, 0.15) is 20.3 Å². The van der Waals surface area contributed by atoms with Crippen molar-refractivity contribution in [1.82, 2.24) is 4.90 Å². The van der Waals surface area contributed by atoms with Crippen LogP contribution in [0.2, 0.25) is 0 Å². The van der Waals surface area contributed by atoms with Crippen molar-refractivity contribution in [3.63, 3.8) is 0 Å². The molecule has 6 heteroatoms. The molecule has 16 heavy (non-hydrogen) atoms. The van der Waals surface area contributed by atoms with Gasteiger partial charge in [-0.1, -0.05) is 0 Å². The Kier molecular flexibility index (Phi) is 3.83. The van der Waals surface area contributed by atoms with Gasteiger partial charge in [0, 0.05) is 12.6 Å². The first-order chi connectivity index (χ1) is 7.27. The van der Waals surface area contributed by atoms with Crippen LogP contribution in [0.5, 0.6) is 0 Å². The maximum atomic E-state index is 12.4. The number of hydrogen-bond donors (Lipinski definition) is 1. The summed E-state index contributed by atoms with van der Waals surface area (Å²) in [4.78, 5) is 12.9. The highest BCUT2D eigenvalue weighted by molar-refractivity contribution is 5.79. The average molecular weight is 238 g/mol. The van der Waals surface area contributed by atoms with Crippen LogP contribution in [0.15, 0.2) is 0 Å². The third-order valence-corrected chi connectivity index (χ3v) is 3.14. The highest BCUT2D eigenvalue weighted by atomic mass is 19.4. The highest BCUT2D eigenvalue weighted by Crippen LogP contribution is 2.31. The number of hydrogen-bond acceptors (Lipinski definition) is 2. The molecule has 0 aliphatic carbocycles. The minimum absolute atomic E-state index is 0.124. The molecule has 0 bridgehead atoms. The van der Waals surface area contributed by atoms with Gasteiger partial charge >= 0.3 is 6.18 Å². The zero-order chi connectivity index (χ0) is 12.5. The molecule has 0 radical (unpaired) electrons. The maximum absolute atomic E-state index is 12.4.